The van der Waals surface area contributed by atoms with Crippen molar-refractivity contribution < 1.29 is 112 Å². The minimum absolute atomic E-state index is 0.0384. The van der Waals surface area contributed by atoms with Crippen LogP contribution in [0.15, 0.2) is 11.6 Å². The molecular weight excluding hydrogens is 1040 g/mol. The van der Waals surface area contributed by atoms with E-state index in [1.807, 2.05) is 13.8 Å². The van der Waals surface area contributed by atoms with Gasteiger partial charge < -0.3 is 107 Å². The van der Waals surface area contributed by atoms with E-state index in [0.29, 0.717) is 31.3 Å². The summed E-state index contributed by atoms with van der Waals surface area (Å²) < 4.78 is 85.9. The largest absolute Gasteiger partial charge is 0.458 e. The molecule has 0 spiro atoms. The maximum atomic E-state index is 12.7. The molecule has 452 valence electrons. The summed E-state index contributed by atoms with van der Waals surface area (Å²) in [6.45, 7) is 9.49. The number of rotatable bonds is 16. The smallest absolute Gasteiger partial charge is 0.331 e. The zero-order chi connectivity index (χ0) is 56.5. The van der Waals surface area contributed by atoms with Gasteiger partial charge in [0, 0.05) is 52.1 Å². The van der Waals surface area contributed by atoms with Crippen LogP contribution < -0.4 is 0 Å². The number of esters is 1. The summed E-state index contributed by atoms with van der Waals surface area (Å²) in [5, 5.41) is 85.6. The number of aliphatic hydroxyl groups is 8. The topological polar surface area (TPSA) is 308 Å². The van der Waals surface area contributed by atoms with Crippen molar-refractivity contribution in [1.82, 2.24) is 0 Å². The van der Waals surface area contributed by atoms with Crippen molar-refractivity contribution in [2.75, 3.05) is 41.2 Å². The van der Waals surface area contributed by atoms with Gasteiger partial charge in [-0.2, -0.15) is 0 Å². The maximum Gasteiger partial charge on any atom is 0.331 e. The Bertz CT molecular complexity index is 2090. The van der Waals surface area contributed by atoms with Gasteiger partial charge in [-0.15, -0.1) is 0 Å². The van der Waals surface area contributed by atoms with E-state index in [0.717, 1.165) is 63.4 Å². The molecule has 23 heteroatoms. The third kappa shape index (κ3) is 11.4. The van der Waals surface area contributed by atoms with Crippen LogP contribution in [0.2, 0.25) is 0 Å². The van der Waals surface area contributed by atoms with Crippen molar-refractivity contribution in [1.29, 1.82) is 0 Å². The van der Waals surface area contributed by atoms with E-state index in [9.17, 15) is 45.6 Å². The van der Waals surface area contributed by atoms with Crippen molar-refractivity contribution >= 4 is 5.97 Å². The number of hydrogen-bond acceptors (Lipinski definition) is 23. The highest BCUT2D eigenvalue weighted by Crippen LogP contribution is 2.70. The molecule has 4 saturated carbocycles. The molecule has 5 saturated heterocycles. The van der Waals surface area contributed by atoms with Crippen LogP contribution in [0.5, 0.6) is 0 Å². The molecule has 0 radical (unpaired) electrons. The van der Waals surface area contributed by atoms with E-state index in [1.54, 1.807) is 27.2 Å². The number of carbonyl (C=O) groups is 1. The fourth-order valence-corrected chi connectivity index (χ4v) is 16.3. The first-order chi connectivity index (χ1) is 37.6. The molecule has 9 fully saturated rings. The van der Waals surface area contributed by atoms with Crippen LogP contribution in [0.1, 0.15) is 112 Å². The van der Waals surface area contributed by atoms with Crippen molar-refractivity contribution in [3.8, 4) is 0 Å². The number of ether oxygens (including phenoxy) is 14. The fourth-order valence-electron chi connectivity index (χ4n) is 16.3. The van der Waals surface area contributed by atoms with Crippen LogP contribution >= 0.6 is 0 Å². The summed E-state index contributed by atoms with van der Waals surface area (Å²) in [5.41, 5.74) is 0.149. The molecular formula is C56H90O23. The van der Waals surface area contributed by atoms with Crippen LogP contribution in [0.25, 0.3) is 0 Å². The molecule has 0 aromatic heterocycles. The Balaban J connectivity index is 0.691. The standard InChI is InChI=1S/C56H90O23/c1-25-49(34(66-6)19-40(71-25)74-30-11-14-54(4)29(18-30)9-10-33-32(54)12-15-55(5)31(13-16-56(33,55)65)28-17-39(58)69-23-28)77-41-20-35(67-7)50(26(2)72-41)78-42-21-36(68-8)51(27(3)73-42)79-53-48(64)46(62)44(60)38(76-53)24-70-52-47(63)45(61)43(59)37(22-57)75-52/h17,25-27,29-38,40-53,57,59-65H,9-16,18-24H2,1-8H3. The van der Waals surface area contributed by atoms with Crippen molar-refractivity contribution in [2.45, 2.75) is 259 Å². The molecule has 4 aliphatic carbocycles. The second-order valence-corrected chi connectivity index (χ2v) is 25.0. The Morgan fingerprint density at radius 2 is 1.13 bits per heavy atom. The van der Waals surface area contributed by atoms with E-state index < -0.39 is 142 Å². The van der Waals surface area contributed by atoms with Gasteiger partial charge in [0.05, 0.1) is 61.5 Å². The maximum absolute atomic E-state index is 12.7. The molecule has 30 unspecified atom stereocenters. The Morgan fingerprint density at radius 3 is 1.68 bits per heavy atom. The average molecular weight is 1130 g/mol. The van der Waals surface area contributed by atoms with E-state index in [4.69, 9.17) is 66.3 Å². The predicted octanol–water partition coefficient (Wildman–Crippen LogP) is 0.858. The molecule has 79 heavy (non-hydrogen) atoms. The van der Waals surface area contributed by atoms with E-state index in [-0.39, 0.29) is 53.4 Å². The van der Waals surface area contributed by atoms with Crippen molar-refractivity contribution in [3.63, 3.8) is 0 Å². The van der Waals surface area contributed by atoms with Gasteiger partial charge in [0.2, 0.25) is 0 Å². The van der Waals surface area contributed by atoms with Crippen LogP contribution in [0.3, 0.4) is 0 Å². The Morgan fingerprint density at radius 1 is 0.582 bits per heavy atom. The second kappa shape index (κ2) is 24.4. The highest BCUT2D eigenvalue weighted by atomic mass is 16.8. The molecule has 10 aliphatic rings. The molecule has 30 atom stereocenters. The summed E-state index contributed by atoms with van der Waals surface area (Å²) in [7, 11) is 4.77. The number of aliphatic hydroxyl groups excluding tert-OH is 7. The summed E-state index contributed by atoms with van der Waals surface area (Å²) in [5.74, 6) is 1.07. The molecule has 6 aliphatic heterocycles. The first kappa shape index (κ1) is 60.5. The Kier molecular flexibility index (Phi) is 18.7. The third-order valence-corrected chi connectivity index (χ3v) is 20.9. The number of hydrogen-bond donors (Lipinski definition) is 8. The minimum atomic E-state index is -1.75. The molecule has 0 aromatic rings. The molecule has 23 nitrogen and oxygen atoms in total. The normalized spacial score (nSPS) is 53.1. The van der Waals surface area contributed by atoms with Crippen LogP contribution in [0.4, 0.5) is 0 Å². The predicted molar refractivity (Wildman–Crippen MR) is 271 cm³/mol. The quantitative estimate of drug-likeness (QED) is 0.0785. The lowest BCUT2D eigenvalue weighted by atomic mass is 9.43. The SMILES string of the molecule is COC1CC(OC2CCC3(C)C(CCC4C3CCC3(C)C(C5=CC(=O)OC5)CCC43O)C2)OC(C)C1OC1CC(OC)C(OC2CC(OC)C(OC3OC(COC4OC(CO)C(O)C(O)C4O)C(O)C(O)C3O)C(C)O2)C(C)O1. The minimum Gasteiger partial charge on any atom is -0.458 e. The highest BCUT2D eigenvalue weighted by molar-refractivity contribution is 5.85. The molecule has 6 heterocycles. The lowest BCUT2D eigenvalue weighted by Crippen LogP contribution is -2.63. The van der Waals surface area contributed by atoms with Gasteiger partial charge in [0.25, 0.3) is 0 Å². The molecule has 0 bridgehead atoms. The lowest BCUT2D eigenvalue weighted by Gasteiger charge is -2.64. The van der Waals surface area contributed by atoms with E-state index in [1.165, 1.54) is 7.11 Å². The van der Waals surface area contributed by atoms with Crippen molar-refractivity contribution in [2.24, 2.45) is 34.5 Å². The van der Waals surface area contributed by atoms with E-state index in [2.05, 4.69) is 13.8 Å². The van der Waals surface area contributed by atoms with Gasteiger partial charge in [-0.05, 0) is 113 Å². The summed E-state index contributed by atoms with van der Waals surface area (Å²) in [6, 6.07) is 0. The van der Waals surface area contributed by atoms with Crippen LogP contribution in [-0.4, -0.2) is 235 Å². The number of methoxy groups -OCH3 is 3. The third-order valence-electron chi connectivity index (χ3n) is 20.9. The highest BCUT2D eigenvalue weighted by Gasteiger charge is 2.68. The van der Waals surface area contributed by atoms with Crippen LogP contribution in [-0.2, 0) is 71.1 Å². The molecule has 0 amide bonds. The number of carbonyl (C=O) groups excluding carboxylic acids is 1. The Hall–Kier alpha value is -1.63. The summed E-state index contributed by atoms with van der Waals surface area (Å²) in [6.07, 6.45) is -11.4. The van der Waals surface area contributed by atoms with Gasteiger partial charge in [-0.25, -0.2) is 4.79 Å². The Labute approximate surface area is 462 Å². The van der Waals surface area contributed by atoms with Gasteiger partial charge in [0.1, 0.15) is 73.8 Å². The lowest BCUT2D eigenvalue weighted by molar-refractivity contribution is -0.362. The second-order valence-electron chi connectivity index (χ2n) is 25.0. The zero-order valence-corrected chi connectivity index (χ0v) is 47.0. The van der Waals surface area contributed by atoms with Gasteiger partial charge in [-0.3, -0.25) is 0 Å². The molecule has 0 aromatic carbocycles. The fraction of sp³-hybridized carbons (Fsp3) is 0.946. The van der Waals surface area contributed by atoms with E-state index >= 15 is 0 Å². The summed E-state index contributed by atoms with van der Waals surface area (Å²) in [4.78, 5) is 12.0. The van der Waals surface area contributed by atoms with Crippen LogP contribution in [0, 0.1) is 34.5 Å². The van der Waals surface area contributed by atoms with Gasteiger partial charge in [-0.1, -0.05) is 13.8 Å². The number of cyclic esters (lactones) is 1. The zero-order valence-electron chi connectivity index (χ0n) is 47.0. The average Bonchev–Trinajstić information content (AvgIpc) is 3.65. The summed E-state index contributed by atoms with van der Waals surface area (Å²) >= 11 is 0. The number of fused-ring (bicyclic) bond motifs is 5. The molecule has 10 rings (SSSR count). The van der Waals surface area contributed by atoms with Gasteiger partial charge >= 0.3 is 5.97 Å². The monoisotopic (exact) mass is 1130 g/mol. The molecule has 8 N–H and O–H groups in total. The van der Waals surface area contributed by atoms with Crippen molar-refractivity contribution in [3.05, 3.63) is 11.6 Å². The first-order valence-electron chi connectivity index (χ1n) is 29.0. The first-order valence-corrected chi connectivity index (χ1v) is 29.0. The van der Waals surface area contributed by atoms with Gasteiger partial charge in [0.15, 0.2) is 31.5 Å².